The summed E-state index contributed by atoms with van der Waals surface area (Å²) in [6.45, 7) is 10.8. The molecule has 7 nitrogen and oxygen atoms in total. The lowest BCUT2D eigenvalue weighted by atomic mass is 9.72. The summed E-state index contributed by atoms with van der Waals surface area (Å²) in [4.78, 5) is 34.1. The van der Waals surface area contributed by atoms with E-state index in [9.17, 15) is 9.59 Å². The Morgan fingerprint density at radius 2 is 1.84 bits per heavy atom. The molecule has 43 heavy (non-hydrogen) atoms. The van der Waals surface area contributed by atoms with Gasteiger partial charge in [-0.25, -0.2) is 4.99 Å². The van der Waals surface area contributed by atoms with Crippen LogP contribution >= 0.6 is 22.9 Å². The Kier molecular flexibility index (Phi) is 9.77. The van der Waals surface area contributed by atoms with E-state index in [0.717, 1.165) is 56.3 Å². The second-order valence-corrected chi connectivity index (χ2v) is 13.7. The third kappa shape index (κ3) is 7.60. The van der Waals surface area contributed by atoms with Gasteiger partial charge >= 0.3 is 0 Å². The molecule has 1 aliphatic heterocycles. The fourth-order valence-electron chi connectivity index (χ4n) is 5.69. The van der Waals surface area contributed by atoms with Crippen molar-refractivity contribution >= 4 is 51.7 Å². The summed E-state index contributed by atoms with van der Waals surface area (Å²) >= 11 is 7.66. The number of carbonyl (C=O) groups is 2. The standard InChI is InChI=1S/C34H40ClN3O4S/c1-5-41-28-18-22(8-15-27(28)42-21-30(39)38-16-6-7-17-38)20-36-33-31(32(40)37-25-12-10-24(35)11-13-25)26-14-9-23(34(2,3)4)19-29(26)43-33/h8,10-13,15,18,20,23H,5-7,9,14,16-17,19,21H2,1-4H3,(H,37,40)/t23-/m1/s1. The van der Waals surface area contributed by atoms with Crippen molar-refractivity contribution < 1.29 is 19.1 Å². The zero-order chi connectivity index (χ0) is 30.6. The molecule has 1 aromatic heterocycles. The molecule has 228 valence electrons. The number of anilines is 1. The minimum Gasteiger partial charge on any atom is -0.490 e. The summed E-state index contributed by atoms with van der Waals surface area (Å²) in [6, 6.07) is 12.7. The van der Waals surface area contributed by atoms with Gasteiger partial charge in [-0.05, 0) is 104 Å². The number of carbonyl (C=O) groups excluding carboxylic acids is 2. The summed E-state index contributed by atoms with van der Waals surface area (Å²) in [5.74, 6) is 1.45. The molecule has 2 aliphatic rings. The number of rotatable bonds is 9. The summed E-state index contributed by atoms with van der Waals surface area (Å²) in [7, 11) is 0. The number of thiophene rings is 1. The number of nitrogens with one attached hydrogen (secondary N) is 1. The lowest BCUT2D eigenvalue weighted by Crippen LogP contribution is -2.32. The first-order valence-electron chi connectivity index (χ1n) is 15.0. The van der Waals surface area contributed by atoms with Gasteiger partial charge in [-0.15, -0.1) is 11.3 Å². The molecule has 0 unspecified atom stereocenters. The Morgan fingerprint density at radius 3 is 2.53 bits per heavy atom. The fraction of sp³-hybridized carbons (Fsp3) is 0.441. The number of likely N-dealkylation sites (tertiary alicyclic amines) is 1. The molecule has 5 rings (SSSR count). The van der Waals surface area contributed by atoms with Crippen molar-refractivity contribution in [2.24, 2.45) is 16.3 Å². The Bertz CT molecular complexity index is 1490. The van der Waals surface area contributed by atoms with Crippen LogP contribution < -0.4 is 14.8 Å². The zero-order valence-electron chi connectivity index (χ0n) is 25.4. The third-order valence-corrected chi connectivity index (χ3v) is 9.62. The quantitative estimate of drug-likeness (QED) is 0.246. The monoisotopic (exact) mass is 621 g/mol. The van der Waals surface area contributed by atoms with Gasteiger partial charge in [0.2, 0.25) is 0 Å². The van der Waals surface area contributed by atoms with E-state index in [1.54, 1.807) is 41.8 Å². The van der Waals surface area contributed by atoms with Gasteiger partial charge in [-0.3, -0.25) is 9.59 Å². The highest BCUT2D eigenvalue weighted by atomic mass is 35.5. The maximum Gasteiger partial charge on any atom is 0.260 e. The number of hydrogen-bond acceptors (Lipinski definition) is 6. The van der Waals surface area contributed by atoms with Gasteiger partial charge in [-0.2, -0.15) is 0 Å². The van der Waals surface area contributed by atoms with Crippen LogP contribution in [0.25, 0.3) is 0 Å². The summed E-state index contributed by atoms with van der Waals surface area (Å²) in [5.41, 5.74) is 3.43. The molecule has 3 aromatic rings. The van der Waals surface area contributed by atoms with Gasteiger partial charge in [0.25, 0.3) is 11.8 Å². The number of ether oxygens (including phenoxy) is 2. The molecule has 2 heterocycles. The molecule has 0 saturated carbocycles. The maximum atomic E-state index is 13.7. The normalized spacial score (nSPS) is 16.8. The minimum atomic E-state index is -0.164. The van der Waals surface area contributed by atoms with Crippen LogP contribution in [0.2, 0.25) is 5.02 Å². The molecule has 1 aliphatic carbocycles. The van der Waals surface area contributed by atoms with Crippen LogP contribution in [0.4, 0.5) is 10.7 Å². The smallest absolute Gasteiger partial charge is 0.260 e. The number of nitrogens with zero attached hydrogens (tertiary/aromatic N) is 2. The van der Waals surface area contributed by atoms with Gasteiger partial charge < -0.3 is 19.7 Å². The predicted octanol–water partition coefficient (Wildman–Crippen LogP) is 7.96. The molecule has 2 aromatic carbocycles. The molecule has 2 amide bonds. The van der Waals surface area contributed by atoms with Crippen molar-refractivity contribution in [3.63, 3.8) is 0 Å². The Hall–Kier alpha value is -3.36. The second kappa shape index (κ2) is 13.5. The largest absolute Gasteiger partial charge is 0.490 e. The highest BCUT2D eigenvalue weighted by Gasteiger charge is 2.33. The Morgan fingerprint density at radius 1 is 1.09 bits per heavy atom. The van der Waals surface area contributed by atoms with E-state index >= 15 is 0 Å². The first-order chi connectivity index (χ1) is 20.6. The maximum absolute atomic E-state index is 13.7. The molecular formula is C34H40ClN3O4S. The van der Waals surface area contributed by atoms with Crippen LogP contribution in [0.1, 0.15) is 73.3 Å². The first-order valence-corrected chi connectivity index (χ1v) is 16.2. The van der Waals surface area contributed by atoms with E-state index in [2.05, 4.69) is 26.1 Å². The predicted molar refractivity (Wildman–Crippen MR) is 175 cm³/mol. The molecule has 0 spiro atoms. The van der Waals surface area contributed by atoms with Gasteiger partial charge in [0, 0.05) is 34.9 Å². The highest BCUT2D eigenvalue weighted by Crippen LogP contribution is 2.45. The lowest BCUT2D eigenvalue weighted by molar-refractivity contribution is -0.132. The SMILES string of the molecule is CCOc1cc(C=Nc2sc3c(c2C(=O)Nc2ccc(Cl)cc2)CC[C@@H](C(C)(C)C)C3)ccc1OCC(=O)N1CCCC1. The van der Waals surface area contributed by atoms with Crippen molar-refractivity contribution in [3.8, 4) is 11.5 Å². The van der Waals surface area contributed by atoms with Crippen LogP contribution in [0.3, 0.4) is 0 Å². The summed E-state index contributed by atoms with van der Waals surface area (Å²) in [5, 5.41) is 4.36. The molecule has 1 saturated heterocycles. The number of fused-ring (bicyclic) bond motifs is 1. The van der Waals surface area contributed by atoms with Gasteiger partial charge in [-0.1, -0.05) is 32.4 Å². The summed E-state index contributed by atoms with van der Waals surface area (Å²) in [6.07, 6.45) is 6.67. The molecule has 9 heteroatoms. The van der Waals surface area contributed by atoms with E-state index in [4.69, 9.17) is 26.1 Å². The van der Waals surface area contributed by atoms with Crippen molar-refractivity contribution in [1.29, 1.82) is 0 Å². The van der Waals surface area contributed by atoms with Crippen molar-refractivity contribution in [2.45, 2.75) is 59.8 Å². The van der Waals surface area contributed by atoms with E-state index in [-0.39, 0.29) is 23.8 Å². The van der Waals surface area contributed by atoms with E-state index in [1.165, 1.54) is 4.88 Å². The topological polar surface area (TPSA) is 80.2 Å². The molecule has 0 radical (unpaired) electrons. The number of hydrogen-bond donors (Lipinski definition) is 1. The molecule has 1 fully saturated rings. The molecule has 1 N–H and O–H groups in total. The fourth-order valence-corrected chi connectivity index (χ4v) is 7.08. The number of benzene rings is 2. The second-order valence-electron chi connectivity index (χ2n) is 12.2. The van der Waals surface area contributed by atoms with Crippen LogP contribution in [-0.2, 0) is 17.6 Å². The molecule has 1 atom stereocenters. The van der Waals surface area contributed by atoms with Gasteiger partial charge in [0.15, 0.2) is 18.1 Å². The molecule has 0 bridgehead atoms. The van der Waals surface area contributed by atoms with Crippen LogP contribution in [0.5, 0.6) is 11.5 Å². The van der Waals surface area contributed by atoms with Gasteiger partial charge in [0.1, 0.15) is 5.00 Å². The number of halogens is 1. The van der Waals surface area contributed by atoms with Crippen LogP contribution in [-0.4, -0.2) is 49.2 Å². The van der Waals surface area contributed by atoms with Crippen molar-refractivity contribution in [1.82, 2.24) is 4.90 Å². The average molecular weight is 622 g/mol. The van der Waals surface area contributed by atoms with Gasteiger partial charge in [0.05, 0.1) is 12.2 Å². The van der Waals surface area contributed by atoms with Crippen LogP contribution in [0.15, 0.2) is 47.5 Å². The van der Waals surface area contributed by atoms with Crippen molar-refractivity contribution in [2.75, 3.05) is 31.6 Å². The highest BCUT2D eigenvalue weighted by molar-refractivity contribution is 7.16. The lowest BCUT2D eigenvalue weighted by Gasteiger charge is -2.33. The summed E-state index contributed by atoms with van der Waals surface area (Å²) < 4.78 is 11.7. The third-order valence-electron chi connectivity index (χ3n) is 8.21. The number of amides is 2. The van der Waals surface area contributed by atoms with E-state index in [0.29, 0.717) is 45.3 Å². The number of aliphatic imine (C=N–C) groups is 1. The first kappa shape index (κ1) is 31.1. The Balaban J connectivity index is 1.40. The molecular weight excluding hydrogens is 582 g/mol. The zero-order valence-corrected chi connectivity index (χ0v) is 26.9. The van der Waals surface area contributed by atoms with Crippen molar-refractivity contribution in [3.05, 3.63) is 69.1 Å². The van der Waals surface area contributed by atoms with Crippen LogP contribution in [0, 0.1) is 11.3 Å². The Labute approximate surface area is 263 Å². The minimum absolute atomic E-state index is 0.00893. The average Bonchev–Trinajstić information content (AvgIpc) is 3.64. The van der Waals surface area contributed by atoms with E-state index < -0.39 is 0 Å². The van der Waals surface area contributed by atoms with E-state index in [1.807, 2.05) is 30.0 Å².